The molecule has 0 spiro atoms. The highest BCUT2D eigenvalue weighted by Crippen LogP contribution is 2.36. The van der Waals surface area contributed by atoms with Gasteiger partial charge in [0.2, 0.25) is 0 Å². The van der Waals surface area contributed by atoms with E-state index in [1.54, 1.807) is 12.1 Å². The molecule has 0 aliphatic heterocycles. The molecule has 2 rings (SSSR count). The van der Waals surface area contributed by atoms with Gasteiger partial charge in [0.1, 0.15) is 0 Å². The van der Waals surface area contributed by atoms with Gasteiger partial charge in [0, 0.05) is 35.8 Å². The van der Waals surface area contributed by atoms with Crippen molar-refractivity contribution in [2.45, 2.75) is 30.0 Å². The van der Waals surface area contributed by atoms with Crippen molar-refractivity contribution in [3.63, 3.8) is 0 Å². The maximum atomic E-state index is 12.5. The zero-order valence-corrected chi connectivity index (χ0v) is 17.7. The number of nitro benzene ring substituents is 1. The van der Waals surface area contributed by atoms with Crippen molar-refractivity contribution in [3.05, 3.63) is 45.0 Å². The summed E-state index contributed by atoms with van der Waals surface area (Å²) in [6.07, 6.45) is 0. The Bertz CT molecular complexity index is 834. The summed E-state index contributed by atoms with van der Waals surface area (Å²) >= 11 is 2.67. The van der Waals surface area contributed by atoms with E-state index < -0.39 is 4.92 Å². The lowest BCUT2D eigenvalue weighted by atomic mass is 9.93. The number of nitrogens with one attached hydrogen (secondary N) is 1. The van der Waals surface area contributed by atoms with Gasteiger partial charge in [-0.3, -0.25) is 14.9 Å². The van der Waals surface area contributed by atoms with Crippen molar-refractivity contribution >= 4 is 34.7 Å². The smallest absolute Gasteiger partial charge is 0.284 e. The molecule has 0 aliphatic carbocycles. The number of aryl methyl sites for hydroxylation is 1. The number of hydrogen-bond acceptors (Lipinski definition) is 7. The standard InChI is InChI=1S/C18H24N4O3S2/c1-12-9-26-17(20-12)27-15-7-6-13(8-14(15)22(24)25)16(23)19-10-18(2,3)11-21(4)5/h6-9H,10-11H2,1-5H3,(H,19,23). The second kappa shape index (κ2) is 8.81. The molecule has 0 unspecified atom stereocenters. The summed E-state index contributed by atoms with van der Waals surface area (Å²) in [7, 11) is 3.96. The number of rotatable bonds is 8. The number of aromatic nitrogens is 1. The molecule has 1 aromatic carbocycles. The fourth-order valence-corrected chi connectivity index (χ4v) is 4.57. The molecule has 1 aromatic heterocycles. The monoisotopic (exact) mass is 408 g/mol. The second-order valence-corrected chi connectivity index (χ2v) is 9.53. The quantitative estimate of drug-likeness (QED) is 0.527. The molecule has 0 radical (unpaired) electrons. The molecule has 27 heavy (non-hydrogen) atoms. The Morgan fingerprint density at radius 1 is 1.41 bits per heavy atom. The summed E-state index contributed by atoms with van der Waals surface area (Å²) in [5, 5.41) is 16.2. The highest BCUT2D eigenvalue weighted by atomic mass is 32.2. The van der Waals surface area contributed by atoms with Crippen molar-refractivity contribution < 1.29 is 9.72 Å². The van der Waals surface area contributed by atoms with Crippen LogP contribution in [0.4, 0.5) is 5.69 Å². The average molecular weight is 409 g/mol. The molecule has 1 amide bonds. The maximum Gasteiger partial charge on any atom is 0.284 e. The van der Waals surface area contributed by atoms with Crippen LogP contribution in [0.5, 0.6) is 0 Å². The fraction of sp³-hybridized carbons (Fsp3) is 0.444. The second-order valence-electron chi connectivity index (χ2n) is 7.38. The summed E-state index contributed by atoms with van der Waals surface area (Å²) in [5.74, 6) is -0.313. The van der Waals surface area contributed by atoms with Gasteiger partial charge in [-0.2, -0.15) is 0 Å². The number of nitro groups is 1. The lowest BCUT2D eigenvalue weighted by Crippen LogP contribution is -2.39. The molecule has 0 bridgehead atoms. The molecule has 9 heteroatoms. The van der Waals surface area contributed by atoms with E-state index in [0.29, 0.717) is 11.4 Å². The van der Waals surface area contributed by atoms with E-state index in [4.69, 9.17) is 0 Å². The number of thiazole rings is 1. The Morgan fingerprint density at radius 2 is 2.11 bits per heavy atom. The molecule has 0 atom stereocenters. The minimum atomic E-state index is -0.463. The number of benzene rings is 1. The minimum Gasteiger partial charge on any atom is -0.351 e. The van der Waals surface area contributed by atoms with Crippen LogP contribution in [0.3, 0.4) is 0 Å². The third kappa shape index (κ3) is 6.30. The van der Waals surface area contributed by atoms with Gasteiger partial charge in [-0.05, 0) is 38.6 Å². The van der Waals surface area contributed by atoms with E-state index in [9.17, 15) is 14.9 Å². The maximum absolute atomic E-state index is 12.5. The first-order chi connectivity index (χ1) is 12.6. The summed E-state index contributed by atoms with van der Waals surface area (Å²) < 4.78 is 0.734. The van der Waals surface area contributed by atoms with E-state index in [2.05, 4.69) is 29.0 Å². The SMILES string of the molecule is Cc1csc(Sc2ccc(C(=O)NCC(C)(C)CN(C)C)cc2[N+](=O)[O-])n1. The summed E-state index contributed by atoms with van der Waals surface area (Å²) in [6, 6.07) is 4.56. The first-order valence-corrected chi connectivity index (χ1v) is 10.1. The molecular weight excluding hydrogens is 384 g/mol. The third-order valence-corrected chi connectivity index (χ3v) is 5.81. The molecule has 146 valence electrons. The van der Waals surface area contributed by atoms with Gasteiger partial charge in [0.15, 0.2) is 4.34 Å². The Kier molecular flexibility index (Phi) is 6.96. The van der Waals surface area contributed by atoms with Crippen LogP contribution in [0.15, 0.2) is 32.8 Å². The molecular formula is C18H24N4O3S2. The Labute approximate surface area is 167 Å². The molecule has 1 N–H and O–H groups in total. The Balaban J connectivity index is 2.14. The number of nitrogens with zero attached hydrogens (tertiary/aromatic N) is 3. The van der Waals surface area contributed by atoms with Gasteiger partial charge < -0.3 is 10.2 Å². The van der Waals surface area contributed by atoms with Crippen molar-refractivity contribution in [1.29, 1.82) is 0 Å². The summed E-state index contributed by atoms with van der Waals surface area (Å²) in [5.41, 5.74) is 0.959. The normalized spacial score (nSPS) is 11.6. The molecule has 7 nitrogen and oxygen atoms in total. The average Bonchev–Trinajstić information content (AvgIpc) is 2.96. The van der Waals surface area contributed by atoms with Crippen LogP contribution in [-0.4, -0.2) is 47.9 Å². The van der Waals surface area contributed by atoms with Crippen LogP contribution in [0, 0.1) is 22.5 Å². The van der Waals surface area contributed by atoms with Gasteiger partial charge in [0.25, 0.3) is 11.6 Å². The molecule has 0 saturated carbocycles. The molecule has 0 aliphatic rings. The van der Waals surface area contributed by atoms with Gasteiger partial charge in [0.05, 0.1) is 9.82 Å². The van der Waals surface area contributed by atoms with Crippen LogP contribution in [0.25, 0.3) is 0 Å². The fourth-order valence-electron chi connectivity index (χ4n) is 2.69. The van der Waals surface area contributed by atoms with E-state index >= 15 is 0 Å². The van der Waals surface area contributed by atoms with Crippen molar-refractivity contribution in [3.8, 4) is 0 Å². The van der Waals surface area contributed by atoms with Crippen LogP contribution in [-0.2, 0) is 0 Å². The lowest BCUT2D eigenvalue weighted by Gasteiger charge is -2.28. The Morgan fingerprint density at radius 3 is 2.67 bits per heavy atom. The minimum absolute atomic E-state index is 0.0898. The van der Waals surface area contributed by atoms with Crippen LogP contribution in [0.1, 0.15) is 29.9 Å². The summed E-state index contributed by atoms with van der Waals surface area (Å²) in [6.45, 7) is 7.29. The number of carbonyl (C=O) groups excluding carboxylic acids is 1. The first kappa shape index (κ1) is 21.3. The van der Waals surface area contributed by atoms with E-state index in [1.807, 2.05) is 26.4 Å². The Hall–Kier alpha value is -1.97. The largest absolute Gasteiger partial charge is 0.351 e. The molecule has 1 heterocycles. The van der Waals surface area contributed by atoms with Gasteiger partial charge >= 0.3 is 0 Å². The number of amides is 1. The highest BCUT2D eigenvalue weighted by molar-refractivity contribution is 8.01. The van der Waals surface area contributed by atoms with Crippen molar-refractivity contribution in [2.75, 3.05) is 27.2 Å². The van der Waals surface area contributed by atoms with Crippen LogP contribution in [0.2, 0.25) is 0 Å². The predicted molar refractivity (Wildman–Crippen MR) is 109 cm³/mol. The number of hydrogen-bond donors (Lipinski definition) is 1. The lowest BCUT2D eigenvalue weighted by molar-refractivity contribution is -0.387. The van der Waals surface area contributed by atoms with Gasteiger partial charge in [-0.25, -0.2) is 4.98 Å². The van der Waals surface area contributed by atoms with E-state index in [-0.39, 0.29) is 22.6 Å². The third-order valence-electron chi connectivity index (χ3n) is 3.68. The zero-order valence-electron chi connectivity index (χ0n) is 16.1. The highest BCUT2D eigenvalue weighted by Gasteiger charge is 2.22. The predicted octanol–water partition coefficient (Wildman–Crippen LogP) is 3.83. The van der Waals surface area contributed by atoms with E-state index in [0.717, 1.165) is 16.6 Å². The number of carbonyl (C=O) groups is 1. The van der Waals surface area contributed by atoms with Crippen LogP contribution < -0.4 is 5.32 Å². The van der Waals surface area contributed by atoms with Crippen molar-refractivity contribution in [1.82, 2.24) is 15.2 Å². The molecule has 0 fully saturated rings. The zero-order chi connectivity index (χ0) is 20.2. The van der Waals surface area contributed by atoms with Crippen molar-refractivity contribution in [2.24, 2.45) is 5.41 Å². The van der Waals surface area contributed by atoms with Gasteiger partial charge in [-0.1, -0.05) is 25.6 Å². The summed E-state index contributed by atoms with van der Waals surface area (Å²) in [4.78, 5) is 30.3. The van der Waals surface area contributed by atoms with Gasteiger partial charge in [-0.15, -0.1) is 11.3 Å². The molecule has 0 saturated heterocycles. The topological polar surface area (TPSA) is 88.4 Å². The van der Waals surface area contributed by atoms with E-state index in [1.165, 1.54) is 29.2 Å². The van der Waals surface area contributed by atoms with Crippen LogP contribution >= 0.6 is 23.1 Å². The molecule has 2 aromatic rings. The first-order valence-electron chi connectivity index (χ1n) is 8.39.